The molecule has 0 aliphatic heterocycles. The zero-order chi connectivity index (χ0) is 74.5. The number of carboxylic acid groups (broad SMARTS) is 1. The number of nitrogens with two attached hydrogens (primary N) is 1. The molecule has 15 aromatic rings. The van der Waals surface area contributed by atoms with Crippen molar-refractivity contribution in [1.82, 2.24) is 29.9 Å². The maximum absolute atomic E-state index is 9.48. The Balaban J connectivity index is 0.000000302. The summed E-state index contributed by atoms with van der Waals surface area (Å²) in [5.74, 6) is 3.87. The number of hydrogen-bond donors (Lipinski definition) is 4. The number of anilines is 5. The molecule has 110 heavy (non-hydrogen) atoms. The van der Waals surface area contributed by atoms with Gasteiger partial charge in [0.15, 0.2) is 17.9 Å². The molecule has 0 amide bonds. The Morgan fingerprint density at radius 3 is 0.973 bits per heavy atom. The fraction of sp³-hybridized carbons (Fsp3) is 0.0602. The molecule has 547 valence electrons. The quantitative estimate of drug-likeness (QED) is 0.0274. The van der Waals surface area contributed by atoms with Gasteiger partial charge in [-0.3, -0.25) is 35.2 Å². The number of methoxy groups -OCH3 is 5. The summed E-state index contributed by atoms with van der Waals surface area (Å²) in [6, 6.07) is 84.9. The molecular formula is C83H69ClN9NaO13Y3-6. The van der Waals surface area contributed by atoms with Crippen LogP contribution in [0.15, 0.2) is 269 Å². The Labute approximate surface area is 738 Å². The predicted octanol–water partition coefficient (Wildman–Crippen LogP) is 15.2. The number of esters is 2. The Morgan fingerprint density at radius 1 is 0.418 bits per heavy atom. The summed E-state index contributed by atoms with van der Waals surface area (Å²) in [4.78, 5) is 54.0. The number of aromatic nitrogens is 6. The molecule has 15 rings (SSSR count). The summed E-state index contributed by atoms with van der Waals surface area (Å²) in [6.45, 7) is 8.35. The summed E-state index contributed by atoms with van der Waals surface area (Å²) in [7, 11) is 7.53. The van der Waals surface area contributed by atoms with Gasteiger partial charge in [-0.2, -0.15) is 78.9 Å². The van der Waals surface area contributed by atoms with E-state index in [0.717, 1.165) is 112 Å². The first-order chi connectivity index (χ1) is 51.1. The SMILES string of the molecule is COc1ccc(-c2c(-c3ccccc3)oc3ncnc(Cl)c23)cc1.COc1ccc(-c2c(-c3ccccc3)oc3ncnc(Nc4c[c-]ccc4)c23)cc1.COc1ccc(-c2c(-c3ccccc3)oc3ncnc(Nc4c[c-]ccc4)c23)cc1.Nc1c[c-]ccc1.[CH2-]C(=O)O.[CH2-]C(=O)OC.[CH2-]C(=O)OC.[Na+].[OH-].[Y].[Y].[Y]. The first-order valence-electron chi connectivity index (χ1n) is 31.7. The molecule has 0 saturated carbocycles. The number of nitrogens with zero attached hydrogens (tertiary/aromatic N) is 6. The topological polar surface area (TPSA) is 314 Å². The number of benzene rings is 9. The molecule has 27 heteroatoms. The average molecular weight is 1730 g/mol. The van der Waals surface area contributed by atoms with Crippen LogP contribution in [0, 0.1) is 39.0 Å². The number of aliphatic carboxylic acids is 1. The van der Waals surface area contributed by atoms with Crippen molar-refractivity contribution in [3.63, 3.8) is 0 Å². The van der Waals surface area contributed by atoms with Gasteiger partial charge in [-0.25, -0.2) is 29.9 Å². The molecule has 0 spiro atoms. The van der Waals surface area contributed by atoms with E-state index in [0.29, 0.717) is 39.3 Å². The third-order valence-corrected chi connectivity index (χ3v) is 15.1. The van der Waals surface area contributed by atoms with Gasteiger partial charge in [0.25, 0.3) is 0 Å². The van der Waals surface area contributed by atoms with Crippen molar-refractivity contribution in [3.05, 3.63) is 300 Å². The number of rotatable bonds is 13. The minimum absolute atomic E-state index is 0. The molecule has 6 N–H and O–H groups in total. The van der Waals surface area contributed by atoms with Crippen LogP contribution < -0.4 is 60.1 Å². The van der Waals surface area contributed by atoms with Gasteiger partial charge >= 0.3 is 29.6 Å². The van der Waals surface area contributed by atoms with E-state index in [4.69, 9.17) is 54.7 Å². The van der Waals surface area contributed by atoms with Crippen molar-refractivity contribution >= 4 is 91.5 Å². The molecule has 0 unspecified atom stereocenters. The number of hydrogen-bond acceptors (Lipinski definition) is 21. The Bertz CT molecular complexity index is 5020. The number of nitrogens with one attached hydrogen (secondary N) is 2. The van der Waals surface area contributed by atoms with Crippen LogP contribution in [0.2, 0.25) is 5.15 Å². The molecule has 0 aliphatic carbocycles. The van der Waals surface area contributed by atoms with E-state index in [-0.39, 0.29) is 133 Å². The van der Waals surface area contributed by atoms with Crippen LogP contribution in [0.4, 0.5) is 28.7 Å². The van der Waals surface area contributed by atoms with Crippen molar-refractivity contribution in [2.24, 2.45) is 0 Å². The minimum Gasteiger partial charge on any atom is -0.870 e. The van der Waals surface area contributed by atoms with Gasteiger partial charge in [0.05, 0.1) is 51.7 Å². The molecule has 0 fully saturated rings. The molecule has 0 saturated heterocycles. The number of fused-ring (bicyclic) bond motifs is 3. The number of nitrogen functional groups attached to an aromatic ring is 1. The number of carboxylic acids is 1. The second-order valence-electron chi connectivity index (χ2n) is 21.6. The monoisotopic (exact) mass is 1720 g/mol. The molecule has 0 bridgehead atoms. The fourth-order valence-corrected chi connectivity index (χ4v) is 10.3. The molecule has 3 radical (unpaired) electrons. The second kappa shape index (κ2) is 48.0. The Hall–Kier alpha value is -9.78. The van der Waals surface area contributed by atoms with Crippen molar-refractivity contribution < 1.29 is 190 Å². The van der Waals surface area contributed by atoms with E-state index >= 15 is 0 Å². The largest absolute Gasteiger partial charge is 1.00 e. The van der Waals surface area contributed by atoms with Gasteiger partial charge in [-0.1, -0.05) is 156 Å². The third kappa shape index (κ3) is 26.2. The number of furan rings is 3. The predicted molar refractivity (Wildman–Crippen MR) is 409 cm³/mol. The van der Waals surface area contributed by atoms with Crippen molar-refractivity contribution in [2.45, 2.75) is 0 Å². The maximum atomic E-state index is 9.48. The third-order valence-electron chi connectivity index (χ3n) is 14.8. The van der Waals surface area contributed by atoms with Crippen LogP contribution in [0.1, 0.15) is 0 Å². The van der Waals surface area contributed by atoms with Crippen molar-refractivity contribution in [3.8, 4) is 84.6 Å². The van der Waals surface area contributed by atoms with E-state index in [1.54, 1.807) is 27.4 Å². The molecule has 9 aromatic carbocycles. The van der Waals surface area contributed by atoms with E-state index in [1.807, 2.05) is 231 Å². The summed E-state index contributed by atoms with van der Waals surface area (Å²) in [6.07, 6.45) is 4.42. The van der Waals surface area contributed by atoms with Crippen LogP contribution in [0.3, 0.4) is 0 Å². The van der Waals surface area contributed by atoms with E-state index < -0.39 is 17.9 Å². The number of halogens is 1. The van der Waals surface area contributed by atoms with Gasteiger partial charge in [0.1, 0.15) is 70.3 Å². The van der Waals surface area contributed by atoms with Crippen molar-refractivity contribution in [1.29, 1.82) is 0 Å². The molecule has 0 aliphatic rings. The Kier molecular flexibility index (Phi) is 40.4. The molecule has 6 heterocycles. The van der Waals surface area contributed by atoms with Gasteiger partial charge in [-0.15, -0.1) is 12.1 Å². The summed E-state index contributed by atoms with van der Waals surface area (Å²) < 4.78 is 42.4. The first-order valence-corrected chi connectivity index (χ1v) is 32.1. The molecule has 6 aromatic heterocycles. The van der Waals surface area contributed by atoms with Gasteiger partial charge < -0.3 is 63.9 Å². The number of carbonyl (C=O) groups excluding carboxylic acids is 2. The van der Waals surface area contributed by atoms with Crippen molar-refractivity contribution in [2.75, 3.05) is 51.9 Å². The smallest absolute Gasteiger partial charge is 0.870 e. The zero-order valence-electron chi connectivity index (χ0n) is 60.6. The minimum atomic E-state index is -1.08. The van der Waals surface area contributed by atoms with E-state index in [1.165, 1.54) is 33.2 Å². The zero-order valence-corrected chi connectivity index (χ0v) is 71.9. The standard InChI is InChI=1S/2C25H18N3O2.C19H13ClN2O2.C6H6N.2C3H5O2.C2H3O2.Na.H2O.3Y/c2*1-29-20-14-12-17(13-15-20)21-22-24(28-19-10-6-3-7-11-19)26-16-27-25(22)30-23(21)18-8-4-2-5-9-18;1-23-14-9-7-12(8-10-14)15-16-18(20)21-11-22-19(16)24-17(15)13-5-3-2-4-6-13;7-6-4-2-1-3-5-6;2*1-3(4)5-2;1-2(3)4;;;;;/h2*2-6,8-16H,1H3,(H,26,27,28);2-11H,1H3;1-2,4-5H,7H2;2*1H2,2H3;1H2,(H,3,4);;1H2;;;/q2*-1;;4*-1;+1;;;;/p-1. The van der Waals surface area contributed by atoms with Crippen LogP contribution in [-0.4, -0.2) is 93.9 Å². The first kappa shape index (κ1) is 92.6. The van der Waals surface area contributed by atoms with Gasteiger partial charge in [-0.05, 0) is 53.1 Å². The van der Waals surface area contributed by atoms with Gasteiger partial charge in [0.2, 0.25) is 17.1 Å². The van der Waals surface area contributed by atoms with Crippen LogP contribution >= 0.6 is 11.6 Å². The maximum Gasteiger partial charge on any atom is 1.00 e. The van der Waals surface area contributed by atoms with Gasteiger partial charge in [0, 0.05) is 132 Å². The summed E-state index contributed by atoms with van der Waals surface area (Å²) >= 11 is 6.34. The summed E-state index contributed by atoms with van der Waals surface area (Å²) in [5, 5.41) is 16.8. The summed E-state index contributed by atoms with van der Waals surface area (Å²) in [5.41, 5.74) is 18.0. The normalized spacial score (nSPS) is 9.65. The van der Waals surface area contributed by atoms with Crippen LogP contribution in [0.5, 0.6) is 17.2 Å². The van der Waals surface area contributed by atoms with Crippen LogP contribution in [0.25, 0.3) is 101 Å². The van der Waals surface area contributed by atoms with Crippen LogP contribution in [-0.2, 0) is 122 Å². The number of ether oxygens (including phenoxy) is 5. The van der Waals surface area contributed by atoms with E-state index in [2.05, 4.69) is 89.0 Å². The molecular weight excluding hydrogens is 1660 g/mol. The average Bonchev–Trinajstić information content (AvgIpc) is 1.62. The molecule has 0 atom stereocenters. The number of carbonyl (C=O) groups is 3. The Morgan fingerprint density at radius 2 is 0.709 bits per heavy atom. The fourth-order valence-electron chi connectivity index (χ4n) is 10.1. The second-order valence-corrected chi connectivity index (χ2v) is 21.9. The molecule has 22 nitrogen and oxygen atoms in total. The van der Waals surface area contributed by atoms with E-state index in [9.17, 15) is 9.59 Å².